The second-order valence-electron chi connectivity index (χ2n) is 11.2. The molecule has 0 spiro atoms. The molecule has 1 fully saturated rings. The molecule has 2 aromatic carbocycles. The summed E-state index contributed by atoms with van der Waals surface area (Å²) in [6.07, 6.45) is 8.17. The van der Waals surface area contributed by atoms with Gasteiger partial charge in [-0.3, -0.25) is 9.69 Å². The van der Waals surface area contributed by atoms with Crippen molar-refractivity contribution >= 4 is 28.7 Å². The summed E-state index contributed by atoms with van der Waals surface area (Å²) in [5, 5.41) is 14.8. The van der Waals surface area contributed by atoms with Gasteiger partial charge in [0.25, 0.3) is 0 Å². The van der Waals surface area contributed by atoms with Crippen LogP contribution >= 0.6 is 0 Å². The fourth-order valence-corrected chi connectivity index (χ4v) is 5.32. The molecule has 6 rings (SSSR count). The zero-order valence-electron chi connectivity index (χ0n) is 25.0. The topological polar surface area (TPSA) is 103 Å². The molecule has 0 bridgehead atoms. The highest BCUT2D eigenvalue weighted by Crippen LogP contribution is 2.34. The molecule has 5 aromatic rings. The maximum Gasteiger partial charge on any atom is 0.248 e. The van der Waals surface area contributed by atoms with E-state index in [0.717, 1.165) is 72.1 Å². The number of hydrogen-bond donors (Lipinski definition) is 3. The number of hydrogen-bond acceptors (Lipinski definition) is 8. The van der Waals surface area contributed by atoms with Crippen LogP contribution in [0.2, 0.25) is 0 Å². The quantitative estimate of drug-likeness (QED) is 0.184. The number of carbonyl (C=O) groups excluding carboxylic acids is 1. The molecule has 1 aliphatic rings. The van der Waals surface area contributed by atoms with Crippen LogP contribution in [0.4, 0.5) is 17.3 Å². The average Bonchev–Trinajstić information content (AvgIpc) is 3.65. The Morgan fingerprint density at radius 1 is 1.00 bits per heavy atom. The van der Waals surface area contributed by atoms with E-state index in [1.165, 1.54) is 0 Å². The minimum Gasteiger partial charge on any atom is -0.372 e. The predicted octanol–water partition coefficient (Wildman–Crippen LogP) is 5.07. The summed E-state index contributed by atoms with van der Waals surface area (Å²) in [5.74, 6) is 0.485. The number of anilines is 3. The van der Waals surface area contributed by atoms with Crippen molar-refractivity contribution in [2.24, 2.45) is 0 Å². The third-order valence-corrected chi connectivity index (χ3v) is 7.50. The fraction of sp³-hybridized carbons (Fsp3) is 0.235. The highest BCUT2D eigenvalue weighted by molar-refractivity contribution is 5.99. The molecule has 0 saturated carbocycles. The Kier molecular flexibility index (Phi) is 8.90. The SMILES string of the molecule is CN(C)C/C=C/C(=O)Nc1ccc(NCN2CC[C@H](Nc3nccc(-c4c(-c5ccccc5)nn5ccccc45)n3)C2)cc1. The largest absolute Gasteiger partial charge is 0.372 e. The van der Waals surface area contributed by atoms with Gasteiger partial charge in [-0.25, -0.2) is 14.5 Å². The number of aromatic nitrogens is 4. The third kappa shape index (κ3) is 7.11. The van der Waals surface area contributed by atoms with Gasteiger partial charge in [0.1, 0.15) is 5.69 Å². The van der Waals surface area contributed by atoms with E-state index in [2.05, 4.69) is 44.0 Å². The van der Waals surface area contributed by atoms with Crippen LogP contribution in [-0.2, 0) is 4.79 Å². The van der Waals surface area contributed by atoms with Gasteiger partial charge in [-0.05, 0) is 63.0 Å². The highest BCUT2D eigenvalue weighted by Gasteiger charge is 2.23. The lowest BCUT2D eigenvalue weighted by Gasteiger charge is -2.18. The Labute approximate surface area is 257 Å². The maximum absolute atomic E-state index is 12.1. The smallest absolute Gasteiger partial charge is 0.248 e. The van der Waals surface area contributed by atoms with E-state index in [1.54, 1.807) is 6.08 Å². The van der Waals surface area contributed by atoms with Crippen LogP contribution in [-0.4, -0.2) is 81.7 Å². The number of likely N-dealkylation sites (tertiary alicyclic amines) is 1. The first kappa shape index (κ1) is 29.0. The second-order valence-corrected chi connectivity index (χ2v) is 11.2. The summed E-state index contributed by atoms with van der Waals surface area (Å²) in [5.41, 5.74) is 6.54. The molecule has 0 aliphatic carbocycles. The monoisotopic (exact) mass is 587 g/mol. The van der Waals surface area contributed by atoms with Gasteiger partial charge in [-0.1, -0.05) is 42.5 Å². The van der Waals surface area contributed by atoms with Crippen molar-refractivity contribution in [1.29, 1.82) is 0 Å². The first-order valence-electron chi connectivity index (χ1n) is 14.8. The Balaban J connectivity index is 1.05. The third-order valence-electron chi connectivity index (χ3n) is 7.50. The zero-order valence-corrected chi connectivity index (χ0v) is 25.0. The van der Waals surface area contributed by atoms with Gasteiger partial charge in [0.2, 0.25) is 11.9 Å². The van der Waals surface area contributed by atoms with Crippen LogP contribution in [0.5, 0.6) is 0 Å². The highest BCUT2D eigenvalue weighted by atomic mass is 16.1. The number of amides is 1. The molecule has 1 atom stereocenters. The molecule has 10 heteroatoms. The first-order chi connectivity index (χ1) is 21.5. The van der Waals surface area contributed by atoms with Gasteiger partial charge in [0, 0.05) is 61.1 Å². The lowest BCUT2D eigenvalue weighted by molar-refractivity contribution is -0.111. The Morgan fingerprint density at radius 2 is 1.80 bits per heavy atom. The summed E-state index contributed by atoms with van der Waals surface area (Å²) >= 11 is 0. The summed E-state index contributed by atoms with van der Waals surface area (Å²) in [4.78, 5) is 25.9. The van der Waals surface area contributed by atoms with E-state index in [1.807, 2.05) is 103 Å². The van der Waals surface area contributed by atoms with Crippen molar-refractivity contribution < 1.29 is 4.79 Å². The first-order valence-corrected chi connectivity index (χ1v) is 14.8. The number of likely N-dealkylation sites (N-methyl/N-ethyl adjacent to an activating group) is 1. The van der Waals surface area contributed by atoms with Crippen LogP contribution in [0.15, 0.2) is 103 Å². The molecular formula is C34H37N9O. The van der Waals surface area contributed by atoms with Gasteiger partial charge < -0.3 is 20.9 Å². The van der Waals surface area contributed by atoms with Crippen LogP contribution < -0.4 is 16.0 Å². The maximum atomic E-state index is 12.1. The lowest BCUT2D eigenvalue weighted by Crippen LogP contribution is -2.30. The van der Waals surface area contributed by atoms with E-state index in [9.17, 15) is 4.79 Å². The van der Waals surface area contributed by atoms with Gasteiger partial charge in [-0.2, -0.15) is 5.10 Å². The van der Waals surface area contributed by atoms with Gasteiger partial charge in [-0.15, -0.1) is 0 Å². The van der Waals surface area contributed by atoms with E-state index in [-0.39, 0.29) is 11.9 Å². The number of nitrogens with zero attached hydrogens (tertiary/aromatic N) is 6. The van der Waals surface area contributed by atoms with Crippen molar-refractivity contribution in [1.82, 2.24) is 29.4 Å². The molecule has 10 nitrogen and oxygen atoms in total. The van der Waals surface area contributed by atoms with Crippen LogP contribution in [0, 0.1) is 0 Å². The van der Waals surface area contributed by atoms with Gasteiger partial charge in [0.05, 0.1) is 23.4 Å². The lowest BCUT2D eigenvalue weighted by atomic mass is 10.0. The number of rotatable bonds is 11. The molecule has 1 aliphatic heterocycles. The number of nitrogens with one attached hydrogen (secondary N) is 3. The summed E-state index contributed by atoms with van der Waals surface area (Å²) in [7, 11) is 3.93. The normalized spacial score (nSPS) is 15.3. The molecule has 0 unspecified atom stereocenters. The minimum absolute atomic E-state index is 0.131. The molecule has 4 heterocycles. The van der Waals surface area contributed by atoms with E-state index < -0.39 is 0 Å². The van der Waals surface area contributed by atoms with Crippen molar-refractivity contribution in [2.45, 2.75) is 12.5 Å². The molecule has 1 amide bonds. The second kappa shape index (κ2) is 13.5. The number of benzene rings is 2. The van der Waals surface area contributed by atoms with Crippen molar-refractivity contribution in [2.75, 3.05) is 56.3 Å². The number of fused-ring (bicyclic) bond motifs is 1. The predicted molar refractivity (Wildman–Crippen MR) is 177 cm³/mol. The fourth-order valence-electron chi connectivity index (χ4n) is 5.32. The summed E-state index contributed by atoms with van der Waals surface area (Å²) < 4.78 is 1.91. The van der Waals surface area contributed by atoms with Crippen molar-refractivity contribution in [3.63, 3.8) is 0 Å². The molecule has 0 radical (unpaired) electrons. The molecule has 3 aromatic heterocycles. The van der Waals surface area contributed by atoms with Crippen LogP contribution in [0.3, 0.4) is 0 Å². The Hall–Kier alpha value is -5.06. The molecule has 1 saturated heterocycles. The van der Waals surface area contributed by atoms with Gasteiger partial charge >= 0.3 is 0 Å². The van der Waals surface area contributed by atoms with Crippen LogP contribution in [0.25, 0.3) is 28.0 Å². The summed E-state index contributed by atoms with van der Waals surface area (Å²) in [6, 6.07) is 26.3. The van der Waals surface area contributed by atoms with E-state index in [4.69, 9.17) is 10.1 Å². The van der Waals surface area contributed by atoms with Gasteiger partial charge in [0.15, 0.2) is 0 Å². The standard InChI is InChI=1S/C34H37N9O/c1-41(2)20-8-12-31(44)37-27-15-13-26(14-16-27)36-24-42-22-18-28(23-42)38-34-35-19-17-29(39-34)32-30-11-6-7-21-43(30)40-33(32)25-9-4-3-5-10-25/h3-17,19,21,28,36H,18,20,22-24H2,1-2H3,(H,37,44)(H,35,38,39)/b12-8+/t28-/m0/s1. The van der Waals surface area contributed by atoms with E-state index >= 15 is 0 Å². The number of pyridine rings is 1. The van der Waals surface area contributed by atoms with Crippen molar-refractivity contribution in [3.05, 3.63) is 103 Å². The summed E-state index contributed by atoms with van der Waals surface area (Å²) in [6.45, 7) is 3.28. The molecule has 3 N–H and O–H groups in total. The minimum atomic E-state index is -0.131. The Bertz CT molecular complexity index is 1730. The van der Waals surface area contributed by atoms with Crippen LogP contribution in [0.1, 0.15) is 6.42 Å². The van der Waals surface area contributed by atoms with Crippen molar-refractivity contribution in [3.8, 4) is 22.5 Å². The molecule has 224 valence electrons. The molecular weight excluding hydrogens is 550 g/mol. The van der Waals surface area contributed by atoms with E-state index in [0.29, 0.717) is 5.95 Å². The Morgan fingerprint density at radius 3 is 2.61 bits per heavy atom. The number of carbonyl (C=O) groups is 1. The average molecular weight is 588 g/mol. The zero-order chi connectivity index (χ0) is 30.3. The molecule has 44 heavy (non-hydrogen) atoms.